The maximum absolute atomic E-state index is 12.5. The van der Waals surface area contributed by atoms with Crippen LogP contribution in [0, 0.1) is 0 Å². The van der Waals surface area contributed by atoms with Gasteiger partial charge in [-0.2, -0.15) is 13.2 Å². The van der Waals surface area contributed by atoms with Gasteiger partial charge in [-0.3, -0.25) is 4.79 Å². The van der Waals surface area contributed by atoms with Crippen LogP contribution in [0.5, 0.6) is 5.75 Å². The van der Waals surface area contributed by atoms with Crippen LogP contribution in [-0.2, 0) is 6.42 Å². The fourth-order valence-electron chi connectivity index (χ4n) is 2.13. The van der Waals surface area contributed by atoms with Crippen molar-refractivity contribution < 1.29 is 22.7 Å². The van der Waals surface area contributed by atoms with Crippen molar-refractivity contribution in [3.05, 3.63) is 29.3 Å². The number of benzene rings is 1. The fraction of sp³-hybridized carbons (Fsp3) is 0.462. The average molecular weight is 288 g/mol. The predicted molar refractivity (Wildman–Crippen MR) is 66.7 cm³/mol. The highest BCUT2D eigenvalue weighted by Gasteiger charge is 2.33. The topological polar surface area (TPSA) is 55.6 Å². The van der Waals surface area contributed by atoms with Gasteiger partial charge in [0.05, 0.1) is 6.61 Å². The molecule has 0 saturated carbocycles. The van der Waals surface area contributed by atoms with Gasteiger partial charge in [-0.25, -0.2) is 0 Å². The summed E-state index contributed by atoms with van der Waals surface area (Å²) in [7, 11) is 0. The quantitative estimate of drug-likeness (QED) is 0.915. The first-order valence-electron chi connectivity index (χ1n) is 6.22. The van der Waals surface area contributed by atoms with Gasteiger partial charge < -0.3 is 15.4 Å². The van der Waals surface area contributed by atoms with Crippen molar-refractivity contribution in [1.29, 1.82) is 0 Å². The number of hydrogen-bond acceptors (Lipinski definition) is 3. The highest BCUT2D eigenvalue weighted by molar-refractivity contribution is 5.94. The third-order valence-electron chi connectivity index (χ3n) is 2.99. The number of nitrogens with two attached hydrogens (primary N) is 1. The van der Waals surface area contributed by atoms with Gasteiger partial charge in [-0.15, -0.1) is 0 Å². The zero-order valence-corrected chi connectivity index (χ0v) is 10.7. The first-order chi connectivity index (χ1) is 9.40. The molecule has 0 aromatic heterocycles. The van der Waals surface area contributed by atoms with Gasteiger partial charge in [-0.05, 0) is 23.8 Å². The third-order valence-corrected chi connectivity index (χ3v) is 2.99. The van der Waals surface area contributed by atoms with Crippen LogP contribution in [0.15, 0.2) is 18.2 Å². The summed E-state index contributed by atoms with van der Waals surface area (Å²) in [6.45, 7) is -0.916. The maximum atomic E-state index is 12.5. The van der Waals surface area contributed by atoms with Crippen molar-refractivity contribution in [3.63, 3.8) is 0 Å². The third kappa shape index (κ3) is 3.41. The van der Waals surface area contributed by atoms with E-state index in [0.717, 1.165) is 10.5 Å². The molecule has 0 radical (unpaired) electrons. The van der Waals surface area contributed by atoms with E-state index in [0.29, 0.717) is 18.8 Å². The van der Waals surface area contributed by atoms with Crippen LogP contribution in [0.1, 0.15) is 15.9 Å². The zero-order valence-electron chi connectivity index (χ0n) is 10.7. The molecule has 1 aromatic carbocycles. The number of fused-ring (bicyclic) bond motifs is 1. The number of amides is 1. The summed E-state index contributed by atoms with van der Waals surface area (Å²) in [6, 6.07) is 4.68. The van der Waals surface area contributed by atoms with Gasteiger partial charge in [0.25, 0.3) is 5.91 Å². The Kier molecular flexibility index (Phi) is 4.17. The Morgan fingerprint density at radius 3 is 2.80 bits per heavy atom. The van der Waals surface area contributed by atoms with Gasteiger partial charge in [0, 0.05) is 25.1 Å². The van der Waals surface area contributed by atoms with Crippen LogP contribution < -0.4 is 10.5 Å². The molecule has 0 saturated heterocycles. The van der Waals surface area contributed by atoms with Crippen LogP contribution in [-0.4, -0.2) is 43.2 Å². The number of nitrogens with zero attached hydrogens (tertiary/aromatic N) is 1. The van der Waals surface area contributed by atoms with Crippen molar-refractivity contribution >= 4 is 5.91 Å². The summed E-state index contributed by atoms with van der Waals surface area (Å²) >= 11 is 0. The summed E-state index contributed by atoms with van der Waals surface area (Å²) in [6.07, 6.45) is -3.78. The minimum Gasteiger partial charge on any atom is -0.493 e. The Morgan fingerprint density at radius 2 is 2.15 bits per heavy atom. The number of rotatable bonds is 4. The number of hydrogen-bond donors (Lipinski definition) is 1. The van der Waals surface area contributed by atoms with E-state index in [1.165, 1.54) is 6.07 Å². The molecule has 0 atom stereocenters. The van der Waals surface area contributed by atoms with Crippen LogP contribution in [0.4, 0.5) is 13.2 Å². The Labute approximate surface area is 114 Å². The van der Waals surface area contributed by atoms with Gasteiger partial charge in [0.2, 0.25) is 0 Å². The minimum absolute atomic E-state index is 0.0180. The number of halogens is 3. The highest BCUT2D eigenvalue weighted by Crippen LogP contribution is 2.27. The predicted octanol–water partition coefficient (Wildman–Crippen LogP) is 1.58. The van der Waals surface area contributed by atoms with E-state index >= 15 is 0 Å². The van der Waals surface area contributed by atoms with Crippen LogP contribution in [0.25, 0.3) is 0 Å². The van der Waals surface area contributed by atoms with E-state index in [2.05, 4.69) is 0 Å². The molecule has 1 heterocycles. The lowest BCUT2D eigenvalue weighted by atomic mass is 10.1. The van der Waals surface area contributed by atoms with E-state index < -0.39 is 18.6 Å². The number of carbonyl (C=O) groups excluding carboxylic acids is 1. The van der Waals surface area contributed by atoms with E-state index in [1.807, 2.05) is 0 Å². The first-order valence-corrected chi connectivity index (χ1v) is 6.22. The van der Waals surface area contributed by atoms with E-state index in [9.17, 15) is 18.0 Å². The van der Waals surface area contributed by atoms with Crippen molar-refractivity contribution in [2.24, 2.45) is 5.73 Å². The summed E-state index contributed by atoms with van der Waals surface area (Å²) in [4.78, 5) is 12.9. The molecular weight excluding hydrogens is 273 g/mol. The molecule has 0 spiro atoms. The standard InChI is InChI=1S/C13H15F3N2O2/c14-13(15,16)8-18(5-4-17)12(19)10-1-2-11-9(7-10)3-6-20-11/h1-2,7H,3-6,8,17H2. The normalized spacial score (nSPS) is 13.8. The molecular formula is C13H15F3N2O2. The maximum Gasteiger partial charge on any atom is 0.406 e. The number of carbonyl (C=O) groups is 1. The molecule has 1 aliphatic rings. The smallest absolute Gasteiger partial charge is 0.406 e. The molecule has 0 aliphatic carbocycles. The summed E-state index contributed by atoms with van der Waals surface area (Å²) in [5.41, 5.74) is 6.34. The van der Waals surface area contributed by atoms with Gasteiger partial charge in [0.15, 0.2) is 0 Å². The van der Waals surface area contributed by atoms with E-state index in [1.54, 1.807) is 12.1 Å². The first kappa shape index (κ1) is 14.6. The molecule has 110 valence electrons. The molecule has 1 aromatic rings. The monoisotopic (exact) mass is 288 g/mol. The lowest BCUT2D eigenvalue weighted by Gasteiger charge is -2.23. The molecule has 4 nitrogen and oxygen atoms in total. The summed E-state index contributed by atoms with van der Waals surface area (Å²) in [5, 5.41) is 0. The van der Waals surface area contributed by atoms with E-state index in [-0.39, 0.29) is 18.7 Å². The number of ether oxygens (including phenoxy) is 1. The molecule has 2 rings (SSSR count). The number of alkyl halides is 3. The van der Waals surface area contributed by atoms with E-state index in [4.69, 9.17) is 10.5 Å². The van der Waals surface area contributed by atoms with Gasteiger partial charge >= 0.3 is 6.18 Å². The fourth-order valence-corrected chi connectivity index (χ4v) is 2.13. The van der Waals surface area contributed by atoms with Crippen LogP contribution >= 0.6 is 0 Å². The van der Waals surface area contributed by atoms with Crippen LogP contribution in [0.2, 0.25) is 0 Å². The second-order valence-corrected chi connectivity index (χ2v) is 4.55. The zero-order chi connectivity index (χ0) is 14.8. The average Bonchev–Trinajstić information content (AvgIpc) is 2.83. The van der Waals surface area contributed by atoms with Crippen molar-refractivity contribution in [2.75, 3.05) is 26.2 Å². The molecule has 20 heavy (non-hydrogen) atoms. The Hall–Kier alpha value is -1.76. The molecule has 1 amide bonds. The Balaban J connectivity index is 2.18. The Bertz CT molecular complexity index is 503. The van der Waals surface area contributed by atoms with Gasteiger partial charge in [0.1, 0.15) is 12.3 Å². The second-order valence-electron chi connectivity index (χ2n) is 4.55. The summed E-state index contributed by atoms with van der Waals surface area (Å²) in [5.74, 6) is 0.0187. The summed E-state index contributed by atoms with van der Waals surface area (Å²) < 4.78 is 42.7. The Morgan fingerprint density at radius 1 is 1.40 bits per heavy atom. The minimum atomic E-state index is -4.44. The van der Waals surface area contributed by atoms with Crippen molar-refractivity contribution in [3.8, 4) is 5.75 Å². The van der Waals surface area contributed by atoms with Crippen molar-refractivity contribution in [1.82, 2.24) is 4.90 Å². The van der Waals surface area contributed by atoms with Crippen LogP contribution in [0.3, 0.4) is 0 Å². The molecule has 0 fully saturated rings. The van der Waals surface area contributed by atoms with Crippen molar-refractivity contribution in [2.45, 2.75) is 12.6 Å². The van der Waals surface area contributed by atoms with Gasteiger partial charge in [-0.1, -0.05) is 0 Å². The largest absolute Gasteiger partial charge is 0.493 e. The lowest BCUT2D eigenvalue weighted by Crippen LogP contribution is -2.41. The molecule has 7 heteroatoms. The molecule has 1 aliphatic heterocycles. The molecule has 0 bridgehead atoms. The lowest BCUT2D eigenvalue weighted by molar-refractivity contribution is -0.140. The molecule has 2 N–H and O–H groups in total. The molecule has 0 unspecified atom stereocenters. The highest BCUT2D eigenvalue weighted by atomic mass is 19.4. The SMILES string of the molecule is NCCN(CC(F)(F)F)C(=O)c1ccc2c(c1)CCO2. The second kappa shape index (κ2) is 5.70.